The van der Waals surface area contributed by atoms with E-state index in [9.17, 15) is 13.2 Å². The third-order valence-corrected chi connectivity index (χ3v) is 6.78. The second kappa shape index (κ2) is 13.3. The van der Waals surface area contributed by atoms with Crippen LogP contribution in [0.4, 0.5) is 17.1 Å². The van der Waals surface area contributed by atoms with Crippen molar-refractivity contribution in [1.29, 1.82) is 0 Å². The summed E-state index contributed by atoms with van der Waals surface area (Å²) in [5.41, 5.74) is 11.8. The number of rotatable bonds is 13. The van der Waals surface area contributed by atoms with Crippen LogP contribution in [0.25, 0.3) is 10.4 Å². The second-order valence-electron chi connectivity index (χ2n) is 8.26. The lowest BCUT2D eigenvalue weighted by Crippen LogP contribution is -2.27. The van der Waals surface area contributed by atoms with Crippen molar-refractivity contribution in [2.24, 2.45) is 15.3 Å². The maximum absolute atomic E-state index is 12.7. The molecule has 0 spiro atoms. The van der Waals surface area contributed by atoms with Gasteiger partial charge in [-0.3, -0.25) is 0 Å². The van der Waals surface area contributed by atoms with Crippen molar-refractivity contribution >= 4 is 33.1 Å². The smallest absolute Gasteiger partial charge is 0.335 e. The predicted molar refractivity (Wildman–Crippen MR) is 142 cm³/mol. The highest BCUT2D eigenvalue weighted by molar-refractivity contribution is 7.89. The molecule has 0 fully saturated rings. The number of hydrogen-bond acceptors (Lipinski definition) is 8. The van der Waals surface area contributed by atoms with E-state index in [1.807, 2.05) is 43.3 Å². The van der Waals surface area contributed by atoms with Crippen LogP contribution >= 0.6 is 0 Å². The molecule has 3 aromatic carbocycles. The van der Waals surface area contributed by atoms with Crippen molar-refractivity contribution in [3.8, 4) is 0 Å². The van der Waals surface area contributed by atoms with E-state index >= 15 is 0 Å². The van der Waals surface area contributed by atoms with E-state index in [0.29, 0.717) is 16.9 Å². The first-order chi connectivity index (χ1) is 18.2. The molecule has 38 heavy (non-hydrogen) atoms. The Morgan fingerprint density at radius 1 is 1.00 bits per heavy atom. The lowest BCUT2D eigenvalue weighted by atomic mass is 10.1. The van der Waals surface area contributed by atoms with E-state index in [2.05, 4.69) is 25.0 Å². The minimum absolute atomic E-state index is 0.0334. The van der Waals surface area contributed by atoms with Gasteiger partial charge in [-0.05, 0) is 78.2 Å². The molecule has 0 aliphatic heterocycles. The number of aromatic carboxylic acids is 1. The summed E-state index contributed by atoms with van der Waals surface area (Å²) in [6, 6.07) is 19.5. The number of nitrogens with zero attached hydrogens (tertiary/aromatic N) is 6. The van der Waals surface area contributed by atoms with E-state index in [0.717, 1.165) is 5.69 Å². The average molecular weight is 538 g/mol. The Labute approximate surface area is 220 Å². The number of carboxylic acids is 1. The molecule has 0 aromatic heterocycles. The van der Waals surface area contributed by atoms with Crippen molar-refractivity contribution in [3.05, 3.63) is 94.4 Å². The zero-order chi connectivity index (χ0) is 27.5. The number of benzene rings is 3. The first-order valence-corrected chi connectivity index (χ1v) is 12.9. The number of anilines is 1. The molecule has 2 N–H and O–H groups in total. The average Bonchev–Trinajstić information content (AvgIpc) is 2.91. The van der Waals surface area contributed by atoms with Gasteiger partial charge in [0.05, 0.1) is 28.4 Å². The Morgan fingerprint density at radius 2 is 1.58 bits per heavy atom. The fourth-order valence-electron chi connectivity index (χ4n) is 3.19. The SMILES string of the molecule is CN(C)c1ccc(/N=N/c2ccc(S(=O)(=O)NCCC(N=[N+]=[N-])OCc3ccc(C(=O)O)cc3)cc2)cc1. The summed E-state index contributed by atoms with van der Waals surface area (Å²) in [5.74, 6) is -1.04. The fraction of sp³-hybridized carbons (Fsp3) is 0.240. The Kier molecular flexibility index (Phi) is 9.91. The maximum Gasteiger partial charge on any atom is 0.335 e. The second-order valence-corrected chi connectivity index (χ2v) is 10.0. The van der Waals surface area contributed by atoms with Crippen molar-refractivity contribution in [2.45, 2.75) is 24.2 Å². The number of carboxylic acid groups (broad SMARTS) is 1. The molecular formula is C25H27N7O5S. The molecule has 0 radical (unpaired) electrons. The molecule has 3 aromatic rings. The summed E-state index contributed by atoms with van der Waals surface area (Å²) in [6.45, 7) is 0.0283. The van der Waals surface area contributed by atoms with Crippen LogP contribution in [0.5, 0.6) is 0 Å². The van der Waals surface area contributed by atoms with Gasteiger partial charge >= 0.3 is 5.97 Å². The number of hydrogen-bond donors (Lipinski definition) is 2. The van der Waals surface area contributed by atoms with Gasteiger partial charge in [0.15, 0.2) is 0 Å². The van der Waals surface area contributed by atoms with Gasteiger partial charge in [-0.15, -0.1) is 0 Å². The highest BCUT2D eigenvalue weighted by atomic mass is 32.2. The zero-order valence-corrected chi connectivity index (χ0v) is 21.6. The normalized spacial score (nSPS) is 12.2. The van der Waals surface area contributed by atoms with Crippen LogP contribution in [-0.2, 0) is 21.4 Å². The summed E-state index contributed by atoms with van der Waals surface area (Å²) >= 11 is 0. The van der Waals surface area contributed by atoms with Crippen LogP contribution in [-0.4, -0.2) is 46.4 Å². The molecule has 198 valence electrons. The largest absolute Gasteiger partial charge is 0.478 e. The Morgan fingerprint density at radius 3 is 2.11 bits per heavy atom. The van der Waals surface area contributed by atoms with Crippen LogP contribution in [0.2, 0.25) is 0 Å². The molecular weight excluding hydrogens is 510 g/mol. The van der Waals surface area contributed by atoms with Gasteiger partial charge in [0.2, 0.25) is 10.0 Å². The van der Waals surface area contributed by atoms with Crippen LogP contribution in [0.15, 0.2) is 93.0 Å². The number of carbonyl (C=O) groups is 1. The number of sulfonamides is 1. The molecule has 3 rings (SSSR count). The molecule has 0 heterocycles. The molecule has 0 saturated carbocycles. The number of nitrogens with one attached hydrogen (secondary N) is 1. The van der Waals surface area contributed by atoms with E-state index < -0.39 is 22.2 Å². The Hall–Kier alpha value is -4.29. The maximum atomic E-state index is 12.7. The topological polar surface area (TPSA) is 169 Å². The minimum Gasteiger partial charge on any atom is -0.478 e. The van der Waals surface area contributed by atoms with Crippen LogP contribution < -0.4 is 9.62 Å². The van der Waals surface area contributed by atoms with Crippen LogP contribution in [0.3, 0.4) is 0 Å². The fourth-order valence-corrected chi connectivity index (χ4v) is 4.24. The van der Waals surface area contributed by atoms with E-state index in [1.165, 1.54) is 24.3 Å². The quantitative estimate of drug-likeness (QED) is 0.168. The van der Waals surface area contributed by atoms with Crippen molar-refractivity contribution in [3.63, 3.8) is 0 Å². The predicted octanol–water partition coefficient (Wildman–Crippen LogP) is 5.39. The number of azo groups is 1. The third-order valence-electron chi connectivity index (χ3n) is 5.30. The van der Waals surface area contributed by atoms with E-state index in [-0.39, 0.29) is 30.0 Å². The summed E-state index contributed by atoms with van der Waals surface area (Å²) in [6.07, 6.45) is -0.827. The summed E-state index contributed by atoms with van der Waals surface area (Å²) in [5, 5.41) is 20.8. The van der Waals surface area contributed by atoms with Gasteiger partial charge in [0.1, 0.15) is 6.23 Å². The number of azide groups is 1. The van der Waals surface area contributed by atoms with Gasteiger partial charge in [-0.25, -0.2) is 17.9 Å². The third kappa shape index (κ3) is 8.39. The molecule has 0 aliphatic rings. The summed E-state index contributed by atoms with van der Waals surface area (Å²) in [4.78, 5) is 15.7. The van der Waals surface area contributed by atoms with E-state index in [1.54, 1.807) is 24.3 Å². The number of ether oxygens (including phenoxy) is 1. The molecule has 0 aliphatic carbocycles. The highest BCUT2D eigenvalue weighted by Gasteiger charge is 2.15. The highest BCUT2D eigenvalue weighted by Crippen LogP contribution is 2.22. The van der Waals surface area contributed by atoms with Crippen LogP contribution in [0, 0.1) is 0 Å². The van der Waals surface area contributed by atoms with Gasteiger partial charge in [0, 0.05) is 31.2 Å². The van der Waals surface area contributed by atoms with Gasteiger partial charge in [-0.1, -0.05) is 17.2 Å². The lowest BCUT2D eigenvalue weighted by Gasteiger charge is -2.14. The molecule has 0 amide bonds. The summed E-state index contributed by atoms with van der Waals surface area (Å²) < 4.78 is 33.3. The monoisotopic (exact) mass is 537 g/mol. The Balaban J connectivity index is 1.52. The zero-order valence-electron chi connectivity index (χ0n) is 20.8. The molecule has 12 nitrogen and oxygen atoms in total. The van der Waals surface area contributed by atoms with E-state index in [4.69, 9.17) is 15.4 Å². The van der Waals surface area contributed by atoms with Crippen LogP contribution in [0.1, 0.15) is 22.3 Å². The molecule has 0 bridgehead atoms. The molecule has 0 saturated heterocycles. The summed E-state index contributed by atoms with van der Waals surface area (Å²) in [7, 11) is 0.0685. The molecule has 1 atom stereocenters. The van der Waals surface area contributed by atoms with Crippen molar-refractivity contribution < 1.29 is 23.1 Å². The van der Waals surface area contributed by atoms with Gasteiger partial charge in [-0.2, -0.15) is 10.2 Å². The molecule has 1 unspecified atom stereocenters. The van der Waals surface area contributed by atoms with Gasteiger partial charge < -0.3 is 14.7 Å². The van der Waals surface area contributed by atoms with Crippen molar-refractivity contribution in [2.75, 3.05) is 25.5 Å². The lowest BCUT2D eigenvalue weighted by molar-refractivity contribution is 0.0407. The Bertz CT molecular complexity index is 1400. The molecule has 13 heteroatoms. The first-order valence-electron chi connectivity index (χ1n) is 11.4. The first kappa shape index (κ1) is 28.3. The minimum atomic E-state index is -3.82. The standard InChI is InChI=1S/C25H27N7O5S/c1-32(2)22-11-7-20(8-12-22)28-29-21-9-13-23(14-10-21)38(35,36)27-16-15-24(30-31-26)37-17-18-3-5-19(6-4-18)25(33)34/h3-14,24,27H,15-17H2,1-2H3,(H,33,34)/b29-28+. The van der Waals surface area contributed by atoms with Crippen molar-refractivity contribution in [1.82, 2.24) is 4.72 Å². The van der Waals surface area contributed by atoms with Gasteiger partial charge in [0.25, 0.3) is 0 Å².